The maximum absolute atomic E-state index is 12.6. The van der Waals surface area contributed by atoms with Crippen LogP contribution >= 0.6 is 0 Å². The van der Waals surface area contributed by atoms with E-state index >= 15 is 0 Å². The third kappa shape index (κ3) is 5.23. The smallest absolute Gasteiger partial charge is 0.526 e. The summed E-state index contributed by atoms with van der Waals surface area (Å²) in [5.74, 6) is -0.289. The van der Waals surface area contributed by atoms with Crippen molar-refractivity contribution >= 4 is 24.6 Å². The number of carbonyl (C=O) groups is 3. The largest absolute Gasteiger partial charge is 0.535 e. The predicted molar refractivity (Wildman–Crippen MR) is 109 cm³/mol. The molecule has 0 bridgehead atoms. The van der Waals surface area contributed by atoms with E-state index in [-0.39, 0.29) is 36.5 Å². The summed E-state index contributed by atoms with van der Waals surface area (Å²) in [5.41, 5.74) is 6.72. The van der Waals surface area contributed by atoms with Gasteiger partial charge in [0.2, 0.25) is 5.91 Å². The number of nitrogens with zero attached hydrogens (tertiary/aromatic N) is 1. The summed E-state index contributed by atoms with van der Waals surface area (Å²) >= 11 is 0. The summed E-state index contributed by atoms with van der Waals surface area (Å²) in [6.45, 7) is 3.22. The summed E-state index contributed by atoms with van der Waals surface area (Å²) in [6, 6.07) is 5.39. The lowest BCUT2D eigenvalue weighted by atomic mass is 9.64. The minimum Gasteiger partial charge on any atom is -0.535 e. The first kappa shape index (κ1) is 21.5. The van der Waals surface area contributed by atoms with Crippen LogP contribution < -0.4 is 15.7 Å². The minimum absolute atomic E-state index is 0.0454. The Balaban J connectivity index is 1.56. The fourth-order valence-electron chi connectivity index (χ4n) is 4.01. The third-order valence-electron chi connectivity index (χ3n) is 5.56. The van der Waals surface area contributed by atoms with Gasteiger partial charge in [-0.25, -0.2) is 0 Å². The molecule has 1 amide bonds. The van der Waals surface area contributed by atoms with E-state index in [2.05, 4.69) is 5.32 Å². The Morgan fingerprint density at radius 1 is 1.38 bits per heavy atom. The lowest BCUT2D eigenvalue weighted by Crippen LogP contribution is -2.48. The molecule has 29 heavy (non-hydrogen) atoms. The van der Waals surface area contributed by atoms with Crippen LogP contribution in [0.25, 0.3) is 0 Å². The summed E-state index contributed by atoms with van der Waals surface area (Å²) in [5, 5.41) is 13.6. The summed E-state index contributed by atoms with van der Waals surface area (Å²) in [6.07, 6.45) is 1.71. The number of nitrogens with one attached hydrogen (secondary N) is 1. The van der Waals surface area contributed by atoms with Crippen molar-refractivity contribution in [2.75, 3.05) is 26.2 Å². The van der Waals surface area contributed by atoms with Gasteiger partial charge in [0.1, 0.15) is 5.75 Å². The molecule has 2 heterocycles. The number of Topliss-reactive ketones (excluding diaryl/α,β-unsaturated/α-hetero) is 2. The fraction of sp³-hybridized carbons (Fsp3) is 0.550. The molecule has 3 rings (SSSR count). The normalized spacial score (nSPS) is 21.6. The van der Waals surface area contributed by atoms with Crippen LogP contribution in [0.2, 0.25) is 5.82 Å². The van der Waals surface area contributed by atoms with Gasteiger partial charge in [0.05, 0.1) is 12.1 Å². The number of carbonyl (C=O) groups excluding carboxylic acids is 3. The van der Waals surface area contributed by atoms with E-state index in [1.807, 2.05) is 6.07 Å². The van der Waals surface area contributed by atoms with Crippen molar-refractivity contribution in [2.24, 2.45) is 5.73 Å². The number of likely N-dealkylation sites (tertiary alicyclic amines) is 1. The second kappa shape index (κ2) is 9.52. The van der Waals surface area contributed by atoms with Crippen LogP contribution in [0.1, 0.15) is 42.1 Å². The zero-order valence-corrected chi connectivity index (χ0v) is 16.7. The first-order chi connectivity index (χ1) is 13.9. The van der Waals surface area contributed by atoms with Crippen molar-refractivity contribution in [1.29, 1.82) is 0 Å². The van der Waals surface area contributed by atoms with Gasteiger partial charge in [-0.2, -0.15) is 0 Å². The quantitative estimate of drug-likeness (QED) is 0.419. The van der Waals surface area contributed by atoms with Crippen molar-refractivity contribution in [3.63, 3.8) is 0 Å². The van der Waals surface area contributed by atoms with Crippen LogP contribution in [0.4, 0.5) is 0 Å². The van der Waals surface area contributed by atoms with Gasteiger partial charge < -0.3 is 25.6 Å². The standard InChI is InChI=1S/C20H28BN3O5/c1-13(25)18-4-2-3-14-9-15(21(28)29-20(14)18)10-17(26)12-24-8-5-16(11-19(24)27)23-7-6-22/h2-4,15-16,23,28H,5-12,22H2,1H3/t15-,16?/m1/s1. The van der Waals surface area contributed by atoms with Crippen molar-refractivity contribution < 1.29 is 24.1 Å². The van der Waals surface area contributed by atoms with Gasteiger partial charge in [-0.15, -0.1) is 0 Å². The maximum Gasteiger partial charge on any atom is 0.526 e. The molecule has 1 unspecified atom stereocenters. The molecule has 0 aliphatic carbocycles. The number of fused-ring (bicyclic) bond motifs is 1. The molecule has 1 fully saturated rings. The molecular formula is C20H28BN3O5. The Bertz CT molecular complexity index is 787. The monoisotopic (exact) mass is 401 g/mol. The molecule has 2 aliphatic heterocycles. The van der Waals surface area contributed by atoms with E-state index in [1.165, 1.54) is 6.92 Å². The van der Waals surface area contributed by atoms with Crippen molar-refractivity contribution in [1.82, 2.24) is 10.2 Å². The number of ketones is 2. The van der Waals surface area contributed by atoms with Gasteiger partial charge in [-0.1, -0.05) is 12.1 Å². The average molecular weight is 401 g/mol. The Kier molecular flexibility index (Phi) is 7.05. The van der Waals surface area contributed by atoms with E-state index < -0.39 is 12.9 Å². The molecule has 0 saturated carbocycles. The lowest BCUT2D eigenvalue weighted by Gasteiger charge is -2.32. The number of para-hydroxylation sites is 1. The topological polar surface area (TPSA) is 122 Å². The highest BCUT2D eigenvalue weighted by Gasteiger charge is 2.38. The Labute approximate surface area is 170 Å². The van der Waals surface area contributed by atoms with E-state index in [0.717, 1.165) is 12.0 Å². The molecule has 1 aromatic carbocycles. The molecule has 1 saturated heterocycles. The number of hydrogen-bond donors (Lipinski definition) is 3. The van der Waals surface area contributed by atoms with Crippen LogP contribution in [0, 0.1) is 0 Å². The summed E-state index contributed by atoms with van der Waals surface area (Å²) in [4.78, 5) is 38.2. The maximum atomic E-state index is 12.6. The SMILES string of the molecule is CC(=O)c1cccc2c1OB(O)[C@@H](CC(=O)CN1CCC(NCCN)CC1=O)C2. The first-order valence-electron chi connectivity index (χ1n) is 10.1. The van der Waals surface area contributed by atoms with Gasteiger partial charge >= 0.3 is 7.12 Å². The predicted octanol–water partition coefficient (Wildman–Crippen LogP) is 0.173. The second-order valence-electron chi connectivity index (χ2n) is 7.81. The molecule has 0 radical (unpaired) electrons. The molecule has 0 aromatic heterocycles. The van der Waals surface area contributed by atoms with Crippen LogP contribution in [0.5, 0.6) is 5.75 Å². The number of hydrogen-bond acceptors (Lipinski definition) is 7. The zero-order chi connectivity index (χ0) is 21.0. The summed E-state index contributed by atoms with van der Waals surface area (Å²) < 4.78 is 5.58. The molecule has 4 N–H and O–H groups in total. The van der Waals surface area contributed by atoms with E-state index in [9.17, 15) is 19.4 Å². The summed E-state index contributed by atoms with van der Waals surface area (Å²) in [7, 11) is -1.16. The third-order valence-corrected chi connectivity index (χ3v) is 5.56. The minimum atomic E-state index is -1.16. The molecule has 0 spiro atoms. The van der Waals surface area contributed by atoms with Gasteiger partial charge in [-0.3, -0.25) is 14.4 Å². The molecule has 8 nitrogen and oxygen atoms in total. The van der Waals surface area contributed by atoms with Crippen molar-refractivity contribution in [3.05, 3.63) is 29.3 Å². The molecule has 2 atom stereocenters. The van der Waals surface area contributed by atoms with Crippen LogP contribution in [0.15, 0.2) is 18.2 Å². The van der Waals surface area contributed by atoms with E-state index in [1.54, 1.807) is 17.0 Å². The van der Waals surface area contributed by atoms with Gasteiger partial charge in [0, 0.05) is 44.3 Å². The molecule has 9 heteroatoms. The van der Waals surface area contributed by atoms with E-state index in [4.69, 9.17) is 10.4 Å². The first-order valence-corrected chi connectivity index (χ1v) is 10.1. The zero-order valence-electron chi connectivity index (χ0n) is 16.7. The van der Waals surface area contributed by atoms with Crippen molar-refractivity contribution in [2.45, 2.75) is 44.5 Å². The van der Waals surface area contributed by atoms with E-state index in [0.29, 0.717) is 43.8 Å². The Morgan fingerprint density at radius 3 is 2.86 bits per heavy atom. The fourth-order valence-corrected chi connectivity index (χ4v) is 4.01. The highest BCUT2D eigenvalue weighted by atomic mass is 16.5. The lowest BCUT2D eigenvalue weighted by molar-refractivity contribution is -0.138. The van der Waals surface area contributed by atoms with Gasteiger partial charge in [-0.05, 0) is 31.4 Å². The molecule has 2 aliphatic rings. The average Bonchev–Trinajstić information content (AvgIpc) is 2.68. The number of nitrogens with two attached hydrogens (primary N) is 1. The van der Waals surface area contributed by atoms with Crippen molar-refractivity contribution in [3.8, 4) is 5.75 Å². The van der Waals surface area contributed by atoms with Crippen LogP contribution in [0.3, 0.4) is 0 Å². The molecule has 1 aromatic rings. The van der Waals surface area contributed by atoms with Crippen LogP contribution in [-0.2, 0) is 16.0 Å². The molecular weight excluding hydrogens is 373 g/mol. The number of piperidine rings is 1. The number of rotatable bonds is 8. The highest BCUT2D eigenvalue weighted by Crippen LogP contribution is 2.36. The Morgan fingerprint density at radius 2 is 2.17 bits per heavy atom. The number of amides is 1. The number of benzene rings is 1. The Hall–Kier alpha value is -2.23. The second-order valence-corrected chi connectivity index (χ2v) is 7.81. The van der Waals surface area contributed by atoms with Crippen LogP contribution in [-0.4, -0.2) is 66.7 Å². The highest BCUT2D eigenvalue weighted by molar-refractivity contribution is 6.47. The molecule has 156 valence electrons. The van der Waals surface area contributed by atoms with Gasteiger partial charge in [0.25, 0.3) is 0 Å². The van der Waals surface area contributed by atoms with Gasteiger partial charge in [0.15, 0.2) is 11.6 Å².